The van der Waals surface area contributed by atoms with Crippen LogP contribution in [0.15, 0.2) is 97.1 Å². The van der Waals surface area contributed by atoms with Crippen LogP contribution in [0.25, 0.3) is 43.1 Å². The smallest absolute Gasteiger partial charge is 0.118 e. The first-order chi connectivity index (χ1) is 18.1. The third kappa shape index (κ3) is 4.91. The summed E-state index contributed by atoms with van der Waals surface area (Å²) in [6.07, 6.45) is 0. The maximum Gasteiger partial charge on any atom is 0.118 e. The van der Waals surface area contributed by atoms with Gasteiger partial charge in [0.15, 0.2) is 0 Å². The van der Waals surface area contributed by atoms with E-state index < -0.39 is 0 Å². The van der Waals surface area contributed by atoms with Crippen molar-refractivity contribution in [2.24, 2.45) is 0 Å². The van der Waals surface area contributed by atoms with Gasteiger partial charge in [-0.2, -0.15) is 0 Å². The lowest BCUT2D eigenvalue weighted by Gasteiger charge is -2.12. The van der Waals surface area contributed by atoms with Crippen LogP contribution in [0.3, 0.4) is 0 Å². The first kappa shape index (κ1) is 24.5. The molecule has 0 aliphatic heterocycles. The van der Waals surface area contributed by atoms with Crippen LogP contribution >= 0.6 is 11.3 Å². The Labute approximate surface area is 221 Å². The monoisotopic (exact) mass is 508 g/mol. The number of ether oxygens (including phenoxy) is 4. The average Bonchev–Trinajstić information content (AvgIpc) is 3.38. The molecule has 0 atom stereocenters. The van der Waals surface area contributed by atoms with Crippen LogP contribution in [0.1, 0.15) is 0 Å². The highest BCUT2D eigenvalue weighted by atomic mass is 32.1. The van der Waals surface area contributed by atoms with Gasteiger partial charge in [0, 0.05) is 20.9 Å². The van der Waals surface area contributed by atoms with Crippen molar-refractivity contribution >= 4 is 11.3 Å². The molecule has 37 heavy (non-hydrogen) atoms. The molecule has 0 spiro atoms. The molecular formula is C32H28O4S. The maximum absolute atomic E-state index is 5.45. The second kappa shape index (κ2) is 10.8. The molecular weight excluding hydrogens is 480 g/mol. The first-order valence-corrected chi connectivity index (χ1v) is 12.7. The topological polar surface area (TPSA) is 36.9 Å². The fourth-order valence-corrected chi connectivity index (χ4v) is 5.74. The van der Waals surface area contributed by atoms with Crippen molar-refractivity contribution in [1.82, 2.24) is 0 Å². The van der Waals surface area contributed by atoms with Crippen molar-refractivity contribution in [3.05, 3.63) is 97.1 Å². The molecule has 0 unspecified atom stereocenters. The van der Waals surface area contributed by atoms with E-state index in [-0.39, 0.29) is 0 Å². The number of benzene rings is 4. The van der Waals surface area contributed by atoms with Crippen molar-refractivity contribution in [2.75, 3.05) is 28.4 Å². The summed E-state index contributed by atoms with van der Waals surface area (Å²) in [7, 11) is 6.75. The zero-order valence-corrected chi connectivity index (χ0v) is 22.1. The van der Waals surface area contributed by atoms with Gasteiger partial charge >= 0.3 is 0 Å². The fourth-order valence-electron chi connectivity index (χ4n) is 4.39. The van der Waals surface area contributed by atoms with Gasteiger partial charge in [-0.25, -0.2) is 0 Å². The van der Waals surface area contributed by atoms with Crippen molar-refractivity contribution < 1.29 is 18.9 Å². The van der Waals surface area contributed by atoms with Gasteiger partial charge in [-0.05, 0) is 95.1 Å². The van der Waals surface area contributed by atoms with Crippen molar-refractivity contribution in [3.8, 4) is 66.1 Å². The molecule has 0 radical (unpaired) electrons. The van der Waals surface area contributed by atoms with Gasteiger partial charge in [0.2, 0.25) is 0 Å². The van der Waals surface area contributed by atoms with Crippen molar-refractivity contribution in [3.63, 3.8) is 0 Å². The minimum absolute atomic E-state index is 0.825. The number of hydrogen-bond acceptors (Lipinski definition) is 5. The van der Waals surface area contributed by atoms with Gasteiger partial charge in [0.25, 0.3) is 0 Å². The van der Waals surface area contributed by atoms with Crippen LogP contribution in [0.5, 0.6) is 23.0 Å². The van der Waals surface area contributed by atoms with Crippen LogP contribution in [0.2, 0.25) is 0 Å². The lowest BCUT2D eigenvalue weighted by molar-refractivity contribution is 0.414. The van der Waals surface area contributed by atoms with Crippen molar-refractivity contribution in [1.29, 1.82) is 0 Å². The normalized spacial score (nSPS) is 10.7. The zero-order chi connectivity index (χ0) is 25.8. The molecule has 5 heteroatoms. The molecule has 5 aromatic rings. The Morgan fingerprint density at radius 1 is 0.351 bits per heavy atom. The summed E-state index contributed by atoms with van der Waals surface area (Å²) in [5.74, 6) is 3.31. The Bertz CT molecular complexity index is 1350. The van der Waals surface area contributed by atoms with Gasteiger partial charge in [0.1, 0.15) is 23.0 Å². The average molecular weight is 509 g/mol. The second-order valence-corrected chi connectivity index (χ2v) is 9.44. The third-order valence-corrected chi connectivity index (χ3v) is 7.66. The first-order valence-electron chi connectivity index (χ1n) is 11.9. The quantitative estimate of drug-likeness (QED) is 0.211. The van der Waals surface area contributed by atoms with Crippen LogP contribution in [-0.4, -0.2) is 28.4 Å². The predicted molar refractivity (Wildman–Crippen MR) is 152 cm³/mol. The summed E-state index contributed by atoms with van der Waals surface area (Å²) in [5.41, 5.74) is 6.85. The Hall–Kier alpha value is -4.22. The van der Waals surface area contributed by atoms with E-state index in [1.165, 1.54) is 20.9 Å². The highest BCUT2D eigenvalue weighted by molar-refractivity contribution is 7.20. The molecule has 4 aromatic carbocycles. The Morgan fingerprint density at radius 2 is 0.595 bits per heavy atom. The SMILES string of the molecule is COc1ccc(-c2sc(-c3ccc(OC)cc3)c(-c3ccc(OC)cc3)c2-c2ccc(OC)cc2)cc1. The van der Waals surface area contributed by atoms with Gasteiger partial charge in [-0.15, -0.1) is 11.3 Å². The standard InChI is InChI=1S/C32H28O4S/c1-33-25-13-5-21(6-14-25)29-30(22-7-15-26(34-2)16-8-22)32(24-11-19-28(36-4)20-12-24)37-31(29)23-9-17-27(35-3)18-10-23/h5-20H,1-4H3. The summed E-state index contributed by atoms with van der Waals surface area (Å²) in [4.78, 5) is 2.37. The summed E-state index contributed by atoms with van der Waals surface area (Å²) in [5, 5.41) is 0. The summed E-state index contributed by atoms with van der Waals surface area (Å²) in [6, 6.07) is 33.0. The highest BCUT2D eigenvalue weighted by Gasteiger charge is 2.23. The van der Waals surface area contributed by atoms with Crippen LogP contribution in [0.4, 0.5) is 0 Å². The molecule has 5 rings (SSSR count). The minimum Gasteiger partial charge on any atom is -0.497 e. The minimum atomic E-state index is 0.825. The molecule has 1 heterocycles. The molecule has 0 bridgehead atoms. The van der Waals surface area contributed by atoms with E-state index in [1.807, 2.05) is 48.5 Å². The van der Waals surface area contributed by atoms with E-state index in [1.54, 1.807) is 39.8 Å². The van der Waals surface area contributed by atoms with Crippen LogP contribution < -0.4 is 18.9 Å². The van der Waals surface area contributed by atoms with E-state index in [9.17, 15) is 0 Å². The molecule has 186 valence electrons. The van der Waals surface area contributed by atoms with Crippen molar-refractivity contribution in [2.45, 2.75) is 0 Å². The summed E-state index contributed by atoms with van der Waals surface area (Å²) >= 11 is 1.78. The van der Waals surface area contributed by atoms with E-state index >= 15 is 0 Å². The number of methoxy groups -OCH3 is 4. The molecule has 0 saturated carbocycles. The Balaban J connectivity index is 1.81. The molecule has 0 N–H and O–H groups in total. The third-order valence-electron chi connectivity index (χ3n) is 6.37. The molecule has 0 saturated heterocycles. The van der Waals surface area contributed by atoms with Gasteiger partial charge < -0.3 is 18.9 Å². The Morgan fingerprint density at radius 3 is 0.838 bits per heavy atom. The molecule has 0 aliphatic rings. The number of rotatable bonds is 8. The maximum atomic E-state index is 5.45. The van der Waals surface area contributed by atoms with Crippen LogP contribution in [0, 0.1) is 0 Å². The second-order valence-electron chi connectivity index (χ2n) is 8.42. The lowest BCUT2D eigenvalue weighted by atomic mass is 9.91. The zero-order valence-electron chi connectivity index (χ0n) is 21.3. The van der Waals surface area contributed by atoms with E-state index in [0.29, 0.717) is 0 Å². The Kier molecular flexibility index (Phi) is 7.15. The highest BCUT2D eigenvalue weighted by Crippen LogP contribution is 2.52. The molecule has 0 fully saturated rings. The summed E-state index contributed by atoms with van der Waals surface area (Å²) < 4.78 is 21.7. The van der Waals surface area contributed by atoms with Gasteiger partial charge in [0.05, 0.1) is 28.4 Å². The predicted octanol–water partition coefficient (Wildman–Crippen LogP) is 8.45. The van der Waals surface area contributed by atoms with E-state index in [4.69, 9.17) is 18.9 Å². The summed E-state index contributed by atoms with van der Waals surface area (Å²) in [6.45, 7) is 0. The fraction of sp³-hybridized carbons (Fsp3) is 0.125. The van der Waals surface area contributed by atoms with Gasteiger partial charge in [-0.1, -0.05) is 24.3 Å². The molecule has 0 aliphatic carbocycles. The molecule has 0 amide bonds. The van der Waals surface area contributed by atoms with Gasteiger partial charge in [-0.3, -0.25) is 0 Å². The largest absolute Gasteiger partial charge is 0.497 e. The van der Waals surface area contributed by atoms with E-state index in [0.717, 1.165) is 45.3 Å². The molecule has 1 aromatic heterocycles. The molecule has 4 nitrogen and oxygen atoms in total. The lowest BCUT2D eigenvalue weighted by Crippen LogP contribution is -1.89. The number of thiophene rings is 1. The van der Waals surface area contributed by atoms with E-state index in [2.05, 4.69) is 48.5 Å². The van der Waals surface area contributed by atoms with Crippen LogP contribution in [-0.2, 0) is 0 Å². The number of hydrogen-bond donors (Lipinski definition) is 0.